The number of Topliss-reactive ketones (excluding diaryl/α,β-unsaturated/α-hetero) is 2. The summed E-state index contributed by atoms with van der Waals surface area (Å²) in [5.74, 6) is -3.46. The van der Waals surface area contributed by atoms with Crippen molar-refractivity contribution in [2.24, 2.45) is 35.1 Å². The lowest BCUT2D eigenvalue weighted by atomic mass is 9.88. The largest absolute Gasteiger partial charge is 0.481 e. The number of hydrogen-bond acceptors (Lipinski definition) is 8. The Morgan fingerprint density at radius 1 is 0.837 bits per heavy atom. The van der Waals surface area contributed by atoms with E-state index >= 15 is 0 Å². The Balaban J connectivity index is 2.39. The van der Waals surface area contributed by atoms with Crippen LogP contribution in [-0.4, -0.2) is 76.6 Å². The number of fused-ring (bicyclic) bond motifs is 1. The van der Waals surface area contributed by atoms with Crippen LogP contribution in [0.4, 0.5) is 0 Å². The fourth-order valence-corrected chi connectivity index (χ4v) is 6.80. The minimum atomic E-state index is -1.05. The Morgan fingerprint density at radius 3 is 2.02 bits per heavy atom. The number of para-hydroxylation sites is 1. The zero-order valence-corrected chi connectivity index (χ0v) is 30.6. The molecule has 0 fully saturated rings. The molecule has 0 aliphatic rings. The zero-order valence-electron chi connectivity index (χ0n) is 29.8. The number of H-pyrrole nitrogens is 1. The molecule has 0 saturated heterocycles. The number of amides is 2. The molecule has 1 aromatic carbocycles. The van der Waals surface area contributed by atoms with Gasteiger partial charge in [-0.15, -0.1) is 0 Å². The van der Waals surface area contributed by atoms with Crippen molar-refractivity contribution in [3.63, 3.8) is 0 Å². The van der Waals surface area contributed by atoms with Crippen LogP contribution in [0.25, 0.3) is 10.9 Å². The maximum atomic E-state index is 14.1. The molecule has 0 radical (unpaired) electrons. The van der Waals surface area contributed by atoms with Gasteiger partial charge in [0.15, 0.2) is 11.6 Å². The Hall–Kier alpha value is -3.22. The smallest absolute Gasteiger partial charge is 0.306 e. The standard InChI is InChI=1S/C37H59N5O6S/c1-5-28(24(2)3)36(46)42-32(16-19-49-4)34(44)22-26(20-27-23-40-30-14-7-6-13-29(27)30)35(45)41-31(15-9-11-18-39)33(43)21-25(37(47)48)12-8-10-17-38/h6-7,13-14,23-26,28,31-32,40H,5,8-12,15-22,38-39H2,1-4H3,(H,41,45)(H,42,46)(H,47,48)/t25-,26-,28+,31+,32+/m1/s1. The van der Waals surface area contributed by atoms with Gasteiger partial charge in [0.25, 0.3) is 0 Å². The van der Waals surface area contributed by atoms with Crippen LogP contribution in [0.5, 0.6) is 0 Å². The molecule has 2 amide bonds. The molecule has 0 spiro atoms. The number of hydrogen-bond donors (Lipinski definition) is 6. The topological polar surface area (TPSA) is 197 Å². The van der Waals surface area contributed by atoms with Gasteiger partial charge in [0.05, 0.1) is 18.0 Å². The molecule has 274 valence electrons. The van der Waals surface area contributed by atoms with E-state index in [4.69, 9.17) is 11.5 Å². The molecule has 0 saturated carbocycles. The minimum Gasteiger partial charge on any atom is -0.481 e. The summed E-state index contributed by atoms with van der Waals surface area (Å²) in [4.78, 5) is 70.2. The van der Waals surface area contributed by atoms with Gasteiger partial charge in [0, 0.05) is 41.8 Å². The van der Waals surface area contributed by atoms with E-state index in [9.17, 15) is 29.1 Å². The van der Waals surface area contributed by atoms with Crippen molar-refractivity contribution in [3.05, 3.63) is 36.0 Å². The van der Waals surface area contributed by atoms with Crippen LogP contribution in [0.2, 0.25) is 0 Å². The highest BCUT2D eigenvalue weighted by Crippen LogP contribution is 2.25. The molecule has 0 aliphatic heterocycles. The molecule has 8 N–H and O–H groups in total. The van der Waals surface area contributed by atoms with Crippen molar-refractivity contribution < 1.29 is 29.1 Å². The summed E-state index contributed by atoms with van der Waals surface area (Å²) in [6.45, 7) is 6.78. The molecule has 2 rings (SSSR count). The van der Waals surface area contributed by atoms with E-state index in [1.807, 2.05) is 57.5 Å². The van der Waals surface area contributed by atoms with Crippen LogP contribution in [-0.2, 0) is 30.4 Å². The molecule has 2 aromatic rings. The number of thioether (sulfide) groups is 1. The van der Waals surface area contributed by atoms with Crippen LogP contribution in [0, 0.1) is 23.7 Å². The predicted octanol–water partition coefficient (Wildman–Crippen LogP) is 4.61. The molecule has 1 heterocycles. The van der Waals surface area contributed by atoms with Crippen molar-refractivity contribution in [1.82, 2.24) is 15.6 Å². The highest BCUT2D eigenvalue weighted by molar-refractivity contribution is 7.98. The van der Waals surface area contributed by atoms with Gasteiger partial charge in [-0.05, 0) is 94.0 Å². The number of aromatic nitrogens is 1. The number of carboxylic acids is 1. The Bertz CT molecular complexity index is 1350. The monoisotopic (exact) mass is 701 g/mol. The molecule has 5 atom stereocenters. The number of carbonyl (C=O) groups excluding carboxylic acids is 4. The van der Waals surface area contributed by atoms with Gasteiger partial charge in [-0.3, -0.25) is 24.0 Å². The quantitative estimate of drug-likeness (QED) is 0.0759. The predicted molar refractivity (Wildman–Crippen MR) is 197 cm³/mol. The fourth-order valence-electron chi connectivity index (χ4n) is 6.33. The van der Waals surface area contributed by atoms with E-state index in [0.29, 0.717) is 70.2 Å². The van der Waals surface area contributed by atoms with Crippen LogP contribution >= 0.6 is 11.8 Å². The van der Waals surface area contributed by atoms with E-state index in [0.717, 1.165) is 16.5 Å². The zero-order chi connectivity index (χ0) is 36.3. The molecule has 12 heteroatoms. The highest BCUT2D eigenvalue weighted by atomic mass is 32.2. The summed E-state index contributed by atoms with van der Waals surface area (Å²) in [6, 6.07) is 6.04. The van der Waals surface area contributed by atoms with Gasteiger partial charge < -0.3 is 32.2 Å². The lowest BCUT2D eigenvalue weighted by Crippen LogP contribution is -2.48. The first-order valence-electron chi connectivity index (χ1n) is 17.8. The number of rotatable bonds is 26. The van der Waals surface area contributed by atoms with E-state index in [1.54, 1.807) is 11.8 Å². The average Bonchev–Trinajstić information content (AvgIpc) is 3.47. The van der Waals surface area contributed by atoms with Crippen LogP contribution in [0.15, 0.2) is 30.5 Å². The third kappa shape index (κ3) is 13.9. The van der Waals surface area contributed by atoms with Crippen LogP contribution in [0.1, 0.15) is 90.5 Å². The normalized spacial score (nSPS) is 14.6. The molecule has 1 aromatic heterocycles. The van der Waals surface area contributed by atoms with Crippen molar-refractivity contribution in [2.75, 3.05) is 25.1 Å². The van der Waals surface area contributed by atoms with Crippen LogP contribution in [0.3, 0.4) is 0 Å². The average molecular weight is 702 g/mol. The SMILES string of the molecule is CC[C@H](C(=O)N[C@@H](CCSC)C(=O)C[C@@H](Cc1c[nH]c2ccccc12)C(=O)N[C@@H](CCCCN)C(=O)C[C@@H](CCCCN)C(=O)O)C(C)C. The van der Waals surface area contributed by atoms with E-state index in [2.05, 4.69) is 15.6 Å². The second-order valence-electron chi connectivity index (χ2n) is 13.4. The van der Waals surface area contributed by atoms with Gasteiger partial charge in [-0.2, -0.15) is 11.8 Å². The van der Waals surface area contributed by atoms with Crippen LogP contribution < -0.4 is 22.1 Å². The number of carbonyl (C=O) groups is 5. The number of nitrogens with one attached hydrogen (secondary N) is 3. The molecular formula is C37H59N5O6S. The number of carboxylic acid groups (broad SMARTS) is 1. The lowest BCUT2D eigenvalue weighted by molar-refractivity contribution is -0.144. The summed E-state index contributed by atoms with van der Waals surface area (Å²) in [5, 5.41) is 16.7. The van der Waals surface area contributed by atoms with Gasteiger partial charge in [0.1, 0.15) is 0 Å². The van der Waals surface area contributed by atoms with E-state index in [-0.39, 0.29) is 48.6 Å². The number of aromatic amines is 1. The molecule has 0 bridgehead atoms. The van der Waals surface area contributed by atoms with Crippen molar-refractivity contribution >= 4 is 52.0 Å². The maximum Gasteiger partial charge on any atom is 0.306 e. The van der Waals surface area contributed by atoms with Crippen molar-refractivity contribution in [2.45, 2.75) is 103 Å². The number of ketones is 2. The van der Waals surface area contributed by atoms with Crippen molar-refractivity contribution in [3.8, 4) is 0 Å². The number of unbranched alkanes of at least 4 members (excludes halogenated alkanes) is 2. The Labute approximate surface area is 295 Å². The first-order valence-corrected chi connectivity index (χ1v) is 19.2. The summed E-state index contributed by atoms with van der Waals surface area (Å²) < 4.78 is 0. The Kier molecular flexibility index (Phi) is 19.3. The highest BCUT2D eigenvalue weighted by Gasteiger charge is 2.33. The third-order valence-corrected chi connectivity index (χ3v) is 9.96. The number of aliphatic carboxylic acids is 1. The molecule has 0 aliphatic carbocycles. The van der Waals surface area contributed by atoms with Gasteiger partial charge in [0.2, 0.25) is 11.8 Å². The van der Waals surface area contributed by atoms with E-state index < -0.39 is 35.8 Å². The van der Waals surface area contributed by atoms with Gasteiger partial charge in [-0.1, -0.05) is 45.4 Å². The van der Waals surface area contributed by atoms with Crippen molar-refractivity contribution in [1.29, 1.82) is 0 Å². The molecular weight excluding hydrogens is 643 g/mol. The van der Waals surface area contributed by atoms with E-state index in [1.165, 1.54) is 0 Å². The minimum absolute atomic E-state index is 0.108. The van der Waals surface area contributed by atoms with Gasteiger partial charge >= 0.3 is 5.97 Å². The number of benzene rings is 1. The fraction of sp³-hybridized carbons (Fsp3) is 0.649. The molecule has 0 unspecified atom stereocenters. The third-order valence-electron chi connectivity index (χ3n) is 9.31. The second-order valence-corrected chi connectivity index (χ2v) is 14.4. The lowest BCUT2D eigenvalue weighted by Gasteiger charge is -2.26. The summed E-state index contributed by atoms with van der Waals surface area (Å²) in [6.07, 6.45) is 7.82. The summed E-state index contributed by atoms with van der Waals surface area (Å²) >= 11 is 1.58. The first kappa shape index (κ1) is 41.9. The summed E-state index contributed by atoms with van der Waals surface area (Å²) in [5.41, 5.74) is 13.1. The first-order chi connectivity index (χ1) is 23.5. The number of nitrogens with two attached hydrogens (primary N) is 2. The van der Waals surface area contributed by atoms with Gasteiger partial charge in [-0.25, -0.2) is 0 Å². The molecule has 49 heavy (non-hydrogen) atoms. The maximum absolute atomic E-state index is 14.1. The molecule has 11 nitrogen and oxygen atoms in total. The summed E-state index contributed by atoms with van der Waals surface area (Å²) in [7, 11) is 0. The Morgan fingerprint density at radius 2 is 1.43 bits per heavy atom. The second kappa shape index (κ2) is 22.5.